The van der Waals surface area contributed by atoms with E-state index in [9.17, 15) is 0 Å². The predicted molar refractivity (Wildman–Crippen MR) is 124 cm³/mol. The Hall–Kier alpha value is -1.39. The molecule has 146 valence electrons. The number of nitrogens with zero attached hydrogens (tertiary/aromatic N) is 2. The standard InChI is InChI=1S/C21H10Cl6N2/c22-14-4-1-11(7-17(14)25)20-10-21(12-2-5-15(23)18(26)8-12)29(28-20)13-3-6-16(24)19(27)9-13/h1-10H. The average Bonchev–Trinajstić information content (AvgIpc) is 3.14. The van der Waals surface area contributed by atoms with Gasteiger partial charge < -0.3 is 0 Å². The van der Waals surface area contributed by atoms with Crippen molar-refractivity contribution in [2.75, 3.05) is 0 Å². The highest BCUT2D eigenvalue weighted by Gasteiger charge is 2.16. The van der Waals surface area contributed by atoms with Crippen LogP contribution in [0, 0.1) is 0 Å². The number of hydrogen-bond donors (Lipinski definition) is 0. The lowest BCUT2D eigenvalue weighted by atomic mass is 10.1. The molecule has 8 heteroatoms. The lowest BCUT2D eigenvalue weighted by Crippen LogP contribution is -1.99. The minimum absolute atomic E-state index is 0.427. The first-order valence-electron chi connectivity index (χ1n) is 8.30. The van der Waals surface area contributed by atoms with Crippen LogP contribution in [0.1, 0.15) is 0 Å². The second-order valence-electron chi connectivity index (χ2n) is 6.18. The Morgan fingerprint density at radius 2 is 1.03 bits per heavy atom. The lowest BCUT2D eigenvalue weighted by Gasteiger charge is -2.09. The van der Waals surface area contributed by atoms with Crippen molar-refractivity contribution in [2.24, 2.45) is 0 Å². The Labute approximate surface area is 197 Å². The van der Waals surface area contributed by atoms with Gasteiger partial charge >= 0.3 is 0 Å². The molecule has 0 aliphatic heterocycles. The summed E-state index contributed by atoms with van der Waals surface area (Å²) < 4.78 is 1.76. The van der Waals surface area contributed by atoms with Crippen LogP contribution in [0.2, 0.25) is 30.1 Å². The summed E-state index contributed by atoms with van der Waals surface area (Å²) in [6, 6.07) is 18.0. The fraction of sp³-hybridized carbons (Fsp3) is 0. The van der Waals surface area contributed by atoms with Gasteiger partial charge in [0.1, 0.15) is 0 Å². The number of hydrogen-bond acceptors (Lipinski definition) is 1. The van der Waals surface area contributed by atoms with E-state index in [0.29, 0.717) is 35.8 Å². The van der Waals surface area contributed by atoms with Gasteiger partial charge in [0.05, 0.1) is 47.2 Å². The zero-order valence-electron chi connectivity index (χ0n) is 14.4. The van der Waals surface area contributed by atoms with Crippen LogP contribution < -0.4 is 0 Å². The van der Waals surface area contributed by atoms with Crippen molar-refractivity contribution < 1.29 is 0 Å². The molecule has 0 atom stereocenters. The fourth-order valence-electron chi connectivity index (χ4n) is 2.85. The molecule has 4 rings (SSSR count). The highest BCUT2D eigenvalue weighted by atomic mass is 35.5. The van der Waals surface area contributed by atoms with Crippen molar-refractivity contribution in [3.63, 3.8) is 0 Å². The summed E-state index contributed by atoms with van der Waals surface area (Å²) >= 11 is 36.9. The summed E-state index contributed by atoms with van der Waals surface area (Å²) in [4.78, 5) is 0. The Morgan fingerprint density at radius 1 is 0.517 bits per heavy atom. The maximum Gasteiger partial charge on any atom is 0.0934 e. The SMILES string of the molecule is Clc1ccc(-c2cc(-c3ccc(Cl)c(Cl)c3)n(-c3ccc(Cl)c(Cl)c3)n2)cc1Cl. The fourth-order valence-corrected chi connectivity index (χ4v) is 3.74. The maximum absolute atomic E-state index is 6.24. The molecule has 0 radical (unpaired) electrons. The van der Waals surface area contributed by atoms with E-state index in [4.69, 9.17) is 74.7 Å². The third kappa shape index (κ3) is 4.25. The van der Waals surface area contributed by atoms with Gasteiger partial charge in [-0.25, -0.2) is 4.68 Å². The van der Waals surface area contributed by atoms with Crippen molar-refractivity contribution in [1.82, 2.24) is 9.78 Å². The van der Waals surface area contributed by atoms with Crippen molar-refractivity contribution in [3.05, 3.63) is 90.8 Å². The van der Waals surface area contributed by atoms with Crippen molar-refractivity contribution in [3.8, 4) is 28.2 Å². The van der Waals surface area contributed by atoms with Crippen LogP contribution in [0.25, 0.3) is 28.2 Å². The Kier molecular flexibility index (Phi) is 6.04. The van der Waals surface area contributed by atoms with Crippen molar-refractivity contribution in [2.45, 2.75) is 0 Å². The van der Waals surface area contributed by atoms with Crippen LogP contribution in [-0.2, 0) is 0 Å². The minimum Gasteiger partial charge on any atom is -0.232 e. The van der Waals surface area contributed by atoms with Crippen LogP contribution >= 0.6 is 69.6 Å². The zero-order chi connectivity index (χ0) is 20.7. The third-order valence-electron chi connectivity index (χ3n) is 4.29. The van der Waals surface area contributed by atoms with Crippen molar-refractivity contribution in [1.29, 1.82) is 0 Å². The van der Waals surface area contributed by atoms with Gasteiger partial charge in [-0.05, 0) is 48.5 Å². The molecule has 0 N–H and O–H groups in total. The Bertz CT molecular complexity index is 1160. The molecule has 0 aliphatic carbocycles. The topological polar surface area (TPSA) is 17.8 Å². The maximum atomic E-state index is 6.24. The summed E-state index contributed by atoms with van der Waals surface area (Å²) in [7, 11) is 0. The van der Waals surface area contributed by atoms with Crippen LogP contribution in [-0.4, -0.2) is 9.78 Å². The monoisotopic (exact) mass is 500 g/mol. The molecular weight excluding hydrogens is 493 g/mol. The average molecular weight is 503 g/mol. The quantitative estimate of drug-likeness (QED) is 0.273. The zero-order valence-corrected chi connectivity index (χ0v) is 19.0. The van der Waals surface area contributed by atoms with E-state index in [1.54, 1.807) is 41.1 Å². The van der Waals surface area contributed by atoms with Gasteiger partial charge in [-0.15, -0.1) is 0 Å². The molecule has 0 fully saturated rings. The molecule has 0 amide bonds. The molecule has 2 nitrogen and oxygen atoms in total. The second-order valence-corrected chi connectivity index (χ2v) is 8.63. The van der Waals surface area contributed by atoms with Crippen LogP contribution in [0.4, 0.5) is 0 Å². The normalized spacial score (nSPS) is 11.1. The molecule has 0 unspecified atom stereocenters. The first kappa shape index (κ1) is 20.9. The van der Waals surface area contributed by atoms with Crippen molar-refractivity contribution >= 4 is 69.6 Å². The molecule has 4 aromatic rings. The van der Waals surface area contributed by atoms with Gasteiger partial charge in [-0.3, -0.25) is 0 Å². The Balaban J connectivity index is 1.93. The molecule has 1 heterocycles. The number of aromatic nitrogens is 2. The van der Waals surface area contributed by atoms with E-state index in [1.165, 1.54) is 0 Å². The summed E-state index contributed by atoms with van der Waals surface area (Å²) in [5.41, 5.74) is 3.90. The first-order valence-corrected chi connectivity index (χ1v) is 10.6. The van der Waals surface area contributed by atoms with Gasteiger partial charge in [0.2, 0.25) is 0 Å². The van der Waals surface area contributed by atoms with E-state index in [0.717, 1.165) is 22.5 Å². The lowest BCUT2D eigenvalue weighted by molar-refractivity contribution is 0.892. The van der Waals surface area contributed by atoms with E-state index >= 15 is 0 Å². The molecular formula is C21H10Cl6N2. The predicted octanol–water partition coefficient (Wildman–Crippen LogP) is 9.13. The summed E-state index contributed by atoms with van der Waals surface area (Å²) in [5.74, 6) is 0. The van der Waals surface area contributed by atoms with Crippen LogP contribution in [0.3, 0.4) is 0 Å². The summed E-state index contributed by atoms with van der Waals surface area (Å²) in [6.45, 7) is 0. The molecule has 0 bridgehead atoms. The van der Waals surface area contributed by atoms with Gasteiger partial charge in [0.25, 0.3) is 0 Å². The van der Waals surface area contributed by atoms with Crippen LogP contribution in [0.5, 0.6) is 0 Å². The molecule has 3 aromatic carbocycles. The van der Waals surface area contributed by atoms with Gasteiger partial charge in [0.15, 0.2) is 0 Å². The largest absolute Gasteiger partial charge is 0.232 e. The van der Waals surface area contributed by atoms with Gasteiger partial charge in [0, 0.05) is 11.1 Å². The smallest absolute Gasteiger partial charge is 0.0934 e. The summed E-state index contributed by atoms with van der Waals surface area (Å²) in [6.07, 6.45) is 0. The van der Waals surface area contributed by atoms with Crippen LogP contribution in [0.15, 0.2) is 60.7 Å². The minimum atomic E-state index is 0.427. The van der Waals surface area contributed by atoms with E-state index in [-0.39, 0.29) is 0 Å². The third-order valence-corrected chi connectivity index (χ3v) is 6.50. The van der Waals surface area contributed by atoms with E-state index < -0.39 is 0 Å². The Morgan fingerprint density at radius 3 is 1.62 bits per heavy atom. The summed E-state index contributed by atoms with van der Waals surface area (Å²) in [5, 5.41) is 7.49. The number of rotatable bonds is 3. The van der Waals surface area contributed by atoms with E-state index in [1.807, 2.05) is 24.3 Å². The molecule has 0 spiro atoms. The molecule has 1 aromatic heterocycles. The molecule has 0 saturated carbocycles. The molecule has 0 aliphatic rings. The highest BCUT2D eigenvalue weighted by Crippen LogP contribution is 2.35. The highest BCUT2D eigenvalue weighted by molar-refractivity contribution is 6.43. The molecule has 29 heavy (non-hydrogen) atoms. The van der Waals surface area contributed by atoms with Gasteiger partial charge in [-0.2, -0.15) is 5.10 Å². The van der Waals surface area contributed by atoms with Gasteiger partial charge in [-0.1, -0.05) is 81.7 Å². The van der Waals surface area contributed by atoms with E-state index in [2.05, 4.69) is 0 Å². The number of benzene rings is 3. The number of halogens is 6. The first-order chi connectivity index (χ1) is 13.8. The molecule has 0 saturated heterocycles. The second kappa shape index (κ2) is 8.39.